The molecule has 0 radical (unpaired) electrons. The third kappa shape index (κ3) is 3.07. The second-order valence-corrected chi connectivity index (χ2v) is 7.42. The summed E-state index contributed by atoms with van der Waals surface area (Å²) in [7, 11) is 1.50. The fraction of sp³-hybridized carbons (Fsp3) is 0.318. The van der Waals surface area contributed by atoms with Gasteiger partial charge in [-0.25, -0.2) is 0 Å². The minimum absolute atomic E-state index is 0.179. The maximum atomic E-state index is 13.5. The molecular weight excluding hydrogens is 370 g/mol. The molecule has 2 aromatic rings. The zero-order valence-corrected chi connectivity index (χ0v) is 16.6. The maximum Gasteiger partial charge on any atom is 0.265 e. The van der Waals surface area contributed by atoms with Crippen LogP contribution in [0.25, 0.3) is 6.08 Å². The summed E-state index contributed by atoms with van der Waals surface area (Å²) in [6, 6.07) is 8.85. The highest BCUT2D eigenvalue weighted by molar-refractivity contribution is 5.83. The van der Waals surface area contributed by atoms with Crippen LogP contribution < -0.4 is 15.6 Å². The number of carbonyl (C=O) groups is 1. The lowest BCUT2D eigenvalue weighted by Crippen LogP contribution is -2.61. The van der Waals surface area contributed by atoms with Crippen molar-refractivity contribution >= 4 is 12.0 Å². The van der Waals surface area contributed by atoms with E-state index in [0.29, 0.717) is 17.8 Å². The molecule has 0 fully saturated rings. The van der Waals surface area contributed by atoms with E-state index in [1.807, 2.05) is 44.2 Å². The predicted octanol–water partition coefficient (Wildman–Crippen LogP) is 2.53. The van der Waals surface area contributed by atoms with E-state index >= 15 is 0 Å². The van der Waals surface area contributed by atoms with Crippen LogP contribution in [0.1, 0.15) is 36.8 Å². The van der Waals surface area contributed by atoms with Gasteiger partial charge in [0.25, 0.3) is 5.56 Å². The molecule has 4 rings (SSSR count). The van der Waals surface area contributed by atoms with Crippen LogP contribution in [-0.4, -0.2) is 22.6 Å². The van der Waals surface area contributed by atoms with Gasteiger partial charge >= 0.3 is 0 Å². The molecule has 0 spiro atoms. The van der Waals surface area contributed by atoms with E-state index in [4.69, 9.17) is 9.47 Å². The van der Waals surface area contributed by atoms with Crippen molar-refractivity contribution in [2.45, 2.75) is 32.0 Å². The molecule has 150 valence electrons. The van der Waals surface area contributed by atoms with Crippen LogP contribution in [0.5, 0.6) is 5.88 Å². The van der Waals surface area contributed by atoms with Gasteiger partial charge in [0.05, 0.1) is 6.26 Å². The first-order valence-corrected chi connectivity index (χ1v) is 9.56. The van der Waals surface area contributed by atoms with E-state index in [0.717, 1.165) is 5.56 Å². The number of methoxy groups -OCH3 is 1. The number of aromatic nitrogens is 2. The van der Waals surface area contributed by atoms with Gasteiger partial charge in [-0.3, -0.25) is 14.2 Å². The molecule has 2 atom stereocenters. The van der Waals surface area contributed by atoms with Gasteiger partial charge in [-0.2, -0.15) is 4.98 Å². The average Bonchev–Trinajstić information content (AvgIpc) is 2.96. The number of benzene rings is 1. The molecular formula is C22H23N3O4. The van der Waals surface area contributed by atoms with Crippen molar-refractivity contribution in [3.05, 3.63) is 76.1 Å². The Kier molecular flexibility index (Phi) is 4.84. The molecule has 2 aliphatic rings. The van der Waals surface area contributed by atoms with Gasteiger partial charge < -0.3 is 14.8 Å². The highest BCUT2D eigenvalue weighted by atomic mass is 16.5. The monoisotopic (exact) mass is 393 g/mol. The van der Waals surface area contributed by atoms with Crippen LogP contribution >= 0.6 is 0 Å². The molecule has 7 heteroatoms. The Hall–Kier alpha value is -3.19. The predicted molar refractivity (Wildman–Crippen MR) is 108 cm³/mol. The van der Waals surface area contributed by atoms with Gasteiger partial charge in [-0.15, -0.1) is 0 Å². The van der Waals surface area contributed by atoms with E-state index in [-0.39, 0.29) is 23.3 Å². The smallest absolute Gasteiger partial charge is 0.265 e. The van der Waals surface area contributed by atoms with Crippen molar-refractivity contribution in [1.29, 1.82) is 0 Å². The Morgan fingerprint density at radius 1 is 1.24 bits per heavy atom. The third-order valence-electron chi connectivity index (χ3n) is 5.41. The molecule has 0 saturated carbocycles. The van der Waals surface area contributed by atoms with Crippen LogP contribution in [0.2, 0.25) is 0 Å². The molecule has 0 unspecified atom stereocenters. The quantitative estimate of drug-likeness (QED) is 0.863. The third-order valence-corrected chi connectivity index (χ3v) is 5.41. The number of carbonyl (C=O) groups excluding carboxylic acids is 1. The zero-order chi connectivity index (χ0) is 20.6. The zero-order valence-electron chi connectivity index (χ0n) is 16.6. The van der Waals surface area contributed by atoms with Gasteiger partial charge in [0.15, 0.2) is 5.82 Å². The second-order valence-electron chi connectivity index (χ2n) is 7.42. The van der Waals surface area contributed by atoms with Crippen LogP contribution in [0.3, 0.4) is 0 Å². The number of allylic oxidation sites excluding steroid dienone is 2. The number of nitrogens with one attached hydrogen (secondary N) is 1. The summed E-state index contributed by atoms with van der Waals surface area (Å²) in [5.74, 6) is 0.0745. The van der Waals surface area contributed by atoms with Gasteiger partial charge in [0, 0.05) is 19.4 Å². The number of hydrogen-bond donors (Lipinski definition) is 1. The number of hydrogen-bond acceptors (Lipinski definition) is 5. The fourth-order valence-corrected chi connectivity index (χ4v) is 3.85. The summed E-state index contributed by atoms with van der Waals surface area (Å²) < 4.78 is 12.8. The number of ether oxygens (including phenoxy) is 2. The van der Waals surface area contributed by atoms with Gasteiger partial charge in [-0.1, -0.05) is 50.3 Å². The number of nitrogens with zero attached hydrogens (tertiary/aromatic N) is 2. The first-order valence-electron chi connectivity index (χ1n) is 9.56. The van der Waals surface area contributed by atoms with Crippen molar-refractivity contribution in [2.24, 2.45) is 5.92 Å². The Morgan fingerprint density at radius 3 is 2.69 bits per heavy atom. The second kappa shape index (κ2) is 7.33. The molecule has 1 aromatic carbocycles. The molecule has 2 aliphatic heterocycles. The number of fused-ring (bicyclic) bond motifs is 2. The van der Waals surface area contributed by atoms with Crippen LogP contribution in [0.4, 0.5) is 0 Å². The van der Waals surface area contributed by atoms with Crippen molar-refractivity contribution < 1.29 is 14.3 Å². The Labute approximate surface area is 168 Å². The summed E-state index contributed by atoms with van der Waals surface area (Å²) in [4.78, 5) is 31.3. The molecule has 0 bridgehead atoms. The lowest BCUT2D eigenvalue weighted by atomic mass is 9.92. The molecule has 0 saturated heterocycles. The molecule has 7 nitrogen and oxygen atoms in total. The highest BCUT2D eigenvalue weighted by Crippen LogP contribution is 2.36. The van der Waals surface area contributed by atoms with Crippen molar-refractivity contribution in [3.8, 4) is 5.88 Å². The molecule has 3 heterocycles. The molecule has 0 aliphatic carbocycles. The van der Waals surface area contributed by atoms with E-state index < -0.39 is 11.8 Å². The SMILES string of the molecule is CO[C@]1(C(C)C)NC(=O)[C@H](Cc2ccccc2)n2c1nc1c(c2=O)C=CC=CO1. The summed E-state index contributed by atoms with van der Waals surface area (Å²) in [6.45, 7) is 3.81. The fourth-order valence-electron chi connectivity index (χ4n) is 3.85. The van der Waals surface area contributed by atoms with Gasteiger partial charge in [0.1, 0.15) is 11.6 Å². The summed E-state index contributed by atoms with van der Waals surface area (Å²) in [6.07, 6.45) is 6.88. The maximum absolute atomic E-state index is 13.5. The molecule has 1 amide bonds. The minimum Gasteiger partial charge on any atom is -0.446 e. The van der Waals surface area contributed by atoms with E-state index in [1.165, 1.54) is 17.9 Å². The normalized spacial score (nSPS) is 22.5. The lowest BCUT2D eigenvalue weighted by Gasteiger charge is -2.43. The molecule has 29 heavy (non-hydrogen) atoms. The van der Waals surface area contributed by atoms with Crippen LogP contribution in [-0.2, 0) is 21.7 Å². The number of rotatable bonds is 4. The first kappa shape index (κ1) is 19.1. The summed E-state index contributed by atoms with van der Waals surface area (Å²) in [5, 5.41) is 2.98. The molecule has 1 aromatic heterocycles. The van der Waals surface area contributed by atoms with Gasteiger partial charge in [0.2, 0.25) is 17.5 Å². The minimum atomic E-state index is -1.23. The van der Waals surface area contributed by atoms with Crippen LogP contribution in [0.15, 0.2) is 53.5 Å². The lowest BCUT2D eigenvalue weighted by molar-refractivity contribution is -0.151. The van der Waals surface area contributed by atoms with Crippen molar-refractivity contribution in [2.75, 3.05) is 7.11 Å². The van der Waals surface area contributed by atoms with Crippen molar-refractivity contribution in [3.63, 3.8) is 0 Å². The van der Waals surface area contributed by atoms with E-state index in [9.17, 15) is 9.59 Å². The average molecular weight is 393 g/mol. The van der Waals surface area contributed by atoms with Crippen LogP contribution in [0, 0.1) is 5.92 Å². The first-order chi connectivity index (χ1) is 14.0. The number of amides is 1. The molecule has 1 N–H and O–H groups in total. The van der Waals surface area contributed by atoms with E-state index in [2.05, 4.69) is 10.3 Å². The highest BCUT2D eigenvalue weighted by Gasteiger charge is 2.49. The Bertz CT molecular complexity index is 1060. The van der Waals surface area contributed by atoms with Crippen molar-refractivity contribution in [1.82, 2.24) is 14.9 Å². The standard InChI is InChI=1S/C22H23N3O4/c1-14(2)22(28-3)21-23-19-16(11-7-8-12-29-19)20(27)25(21)17(18(26)24-22)13-15-9-5-4-6-10-15/h4-12,14,17H,13H2,1-3H3,(H,24,26)/t17-,22-/m0/s1. The van der Waals surface area contributed by atoms with E-state index in [1.54, 1.807) is 18.2 Å². The largest absolute Gasteiger partial charge is 0.446 e. The summed E-state index contributed by atoms with van der Waals surface area (Å²) in [5.41, 5.74) is -0.312. The topological polar surface area (TPSA) is 82.5 Å². The Balaban J connectivity index is 1.97. The summed E-state index contributed by atoms with van der Waals surface area (Å²) >= 11 is 0. The van der Waals surface area contributed by atoms with Gasteiger partial charge in [-0.05, 0) is 17.7 Å². The Morgan fingerprint density at radius 2 is 2.00 bits per heavy atom.